The third kappa shape index (κ3) is 3.46. The van der Waals surface area contributed by atoms with Gasteiger partial charge in [-0.05, 0) is 49.2 Å². The van der Waals surface area contributed by atoms with Crippen LogP contribution in [0.2, 0.25) is 5.02 Å². The fourth-order valence-corrected chi connectivity index (χ4v) is 2.27. The lowest BCUT2D eigenvalue weighted by atomic mass is 10.1. The van der Waals surface area contributed by atoms with E-state index in [9.17, 15) is 9.59 Å². The van der Waals surface area contributed by atoms with E-state index in [2.05, 4.69) is 10.6 Å². The first-order valence-electron chi connectivity index (χ1n) is 7.10. The largest absolute Gasteiger partial charge is 0.349 e. The number of hydrogen-bond donors (Lipinski definition) is 2. The van der Waals surface area contributed by atoms with Gasteiger partial charge in [-0.3, -0.25) is 9.59 Å². The van der Waals surface area contributed by atoms with Crippen molar-refractivity contribution in [3.8, 4) is 0 Å². The Hall–Kier alpha value is -2.33. The monoisotopic (exact) mass is 314 g/mol. The standard InChI is InChI=1S/C17H15ClN2O2/c18-15-4-2-1-3-14(15)17(22)20-12-7-5-11(6-8-12)16(21)19-13-9-10-13/h1-8,13H,9-10H2,(H,19,21)(H,20,22). The van der Waals surface area contributed by atoms with E-state index in [0.717, 1.165) is 12.8 Å². The summed E-state index contributed by atoms with van der Waals surface area (Å²) in [5, 5.41) is 6.09. The average Bonchev–Trinajstić information content (AvgIpc) is 3.32. The fraction of sp³-hybridized carbons (Fsp3) is 0.176. The molecule has 2 amide bonds. The summed E-state index contributed by atoms with van der Waals surface area (Å²) in [6.45, 7) is 0. The molecule has 0 aromatic heterocycles. The van der Waals surface area contributed by atoms with Crippen LogP contribution in [0.15, 0.2) is 48.5 Å². The van der Waals surface area contributed by atoms with Crippen LogP contribution in [0.4, 0.5) is 5.69 Å². The van der Waals surface area contributed by atoms with Crippen LogP contribution in [0, 0.1) is 0 Å². The molecule has 1 aliphatic rings. The van der Waals surface area contributed by atoms with Crippen molar-refractivity contribution in [3.05, 3.63) is 64.7 Å². The van der Waals surface area contributed by atoms with Crippen molar-refractivity contribution < 1.29 is 9.59 Å². The van der Waals surface area contributed by atoms with Gasteiger partial charge in [-0.2, -0.15) is 0 Å². The molecule has 0 spiro atoms. The van der Waals surface area contributed by atoms with E-state index in [1.165, 1.54) is 0 Å². The Balaban J connectivity index is 1.66. The number of benzene rings is 2. The highest BCUT2D eigenvalue weighted by molar-refractivity contribution is 6.34. The fourth-order valence-electron chi connectivity index (χ4n) is 2.05. The zero-order valence-electron chi connectivity index (χ0n) is 11.8. The van der Waals surface area contributed by atoms with Gasteiger partial charge in [0.2, 0.25) is 0 Å². The minimum Gasteiger partial charge on any atom is -0.349 e. The van der Waals surface area contributed by atoms with Crippen LogP contribution in [0.25, 0.3) is 0 Å². The molecule has 0 atom stereocenters. The van der Waals surface area contributed by atoms with Gasteiger partial charge in [-0.25, -0.2) is 0 Å². The number of rotatable bonds is 4. The van der Waals surface area contributed by atoms with E-state index in [4.69, 9.17) is 11.6 Å². The molecule has 2 aromatic rings. The first-order valence-corrected chi connectivity index (χ1v) is 7.48. The van der Waals surface area contributed by atoms with Crippen LogP contribution in [-0.4, -0.2) is 17.9 Å². The van der Waals surface area contributed by atoms with Gasteiger partial charge >= 0.3 is 0 Å². The maximum atomic E-state index is 12.1. The van der Waals surface area contributed by atoms with Gasteiger partial charge in [0.15, 0.2) is 0 Å². The quantitative estimate of drug-likeness (QED) is 0.907. The van der Waals surface area contributed by atoms with E-state index in [1.807, 2.05) is 0 Å². The SMILES string of the molecule is O=C(NC1CC1)c1ccc(NC(=O)c2ccccc2Cl)cc1. The summed E-state index contributed by atoms with van der Waals surface area (Å²) in [5.74, 6) is -0.354. The van der Waals surface area contributed by atoms with Gasteiger partial charge < -0.3 is 10.6 Å². The maximum absolute atomic E-state index is 12.1. The molecule has 0 saturated heterocycles. The topological polar surface area (TPSA) is 58.2 Å². The van der Waals surface area contributed by atoms with Gasteiger partial charge in [0.05, 0.1) is 10.6 Å². The second kappa shape index (κ2) is 6.20. The predicted octanol–water partition coefficient (Wildman–Crippen LogP) is 3.48. The van der Waals surface area contributed by atoms with E-state index in [-0.39, 0.29) is 11.8 Å². The molecule has 22 heavy (non-hydrogen) atoms. The van der Waals surface area contributed by atoms with Gasteiger partial charge in [0, 0.05) is 17.3 Å². The van der Waals surface area contributed by atoms with Crippen molar-refractivity contribution in [2.24, 2.45) is 0 Å². The summed E-state index contributed by atoms with van der Waals surface area (Å²) in [6, 6.07) is 14.0. The molecule has 0 unspecified atom stereocenters. The lowest BCUT2D eigenvalue weighted by molar-refractivity contribution is 0.0950. The molecule has 0 bridgehead atoms. The molecule has 2 N–H and O–H groups in total. The van der Waals surface area contributed by atoms with Gasteiger partial charge in [0.25, 0.3) is 11.8 Å². The Labute approximate surface area is 133 Å². The average molecular weight is 315 g/mol. The van der Waals surface area contributed by atoms with Crippen LogP contribution in [0.5, 0.6) is 0 Å². The number of amides is 2. The number of nitrogens with one attached hydrogen (secondary N) is 2. The van der Waals surface area contributed by atoms with Crippen molar-refractivity contribution in [1.82, 2.24) is 5.32 Å². The minimum atomic E-state index is -0.277. The Morgan fingerprint density at radius 3 is 2.27 bits per heavy atom. The van der Waals surface area contributed by atoms with Crippen LogP contribution in [0.3, 0.4) is 0 Å². The molecule has 0 aliphatic heterocycles. The molecule has 0 radical (unpaired) electrons. The zero-order valence-corrected chi connectivity index (χ0v) is 12.6. The number of hydrogen-bond acceptors (Lipinski definition) is 2. The second-order valence-corrected chi connectivity index (χ2v) is 5.67. The van der Waals surface area contributed by atoms with E-state index in [0.29, 0.717) is 27.9 Å². The van der Waals surface area contributed by atoms with Crippen molar-refractivity contribution in [1.29, 1.82) is 0 Å². The number of anilines is 1. The summed E-state index contributed by atoms with van der Waals surface area (Å²) in [6.07, 6.45) is 2.11. The van der Waals surface area contributed by atoms with E-state index in [1.54, 1.807) is 48.5 Å². The summed E-state index contributed by atoms with van der Waals surface area (Å²) in [5.41, 5.74) is 1.62. The van der Waals surface area contributed by atoms with Gasteiger partial charge in [0.1, 0.15) is 0 Å². The van der Waals surface area contributed by atoms with Crippen molar-refractivity contribution in [2.75, 3.05) is 5.32 Å². The van der Waals surface area contributed by atoms with Gasteiger partial charge in [-0.15, -0.1) is 0 Å². The molecule has 1 aliphatic carbocycles. The third-order valence-corrected chi connectivity index (χ3v) is 3.77. The molecule has 3 rings (SSSR count). The smallest absolute Gasteiger partial charge is 0.257 e. The van der Waals surface area contributed by atoms with E-state index >= 15 is 0 Å². The number of carbonyl (C=O) groups is 2. The molecule has 5 heteroatoms. The van der Waals surface area contributed by atoms with E-state index < -0.39 is 0 Å². The lowest BCUT2D eigenvalue weighted by Crippen LogP contribution is -2.25. The van der Waals surface area contributed by atoms with Crippen molar-refractivity contribution in [3.63, 3.8) is 0 Å². The maximum Gasteiger partial charge on any atom is 0.257 e. The highest BCUT2D eigenvalue weighted by Gasteiger charge is 2.23. The van der Waals surface area contributed by atoms with Crippen LogP contribution in [-0.2, 0) is 0 Å². The van der Waals surface area contributed by atoms with Crippen LogP contribution in [0.1, 0.15) is 33.6 Å². The molecule has 1 fully saturated rings. The summed E-state index contributed by atoms with van der Waals surface area (Å²) in [4.78, 5) is 24.0. The van der Waals surface area contributed by atoms with Crippen LogP contribution < -0.4 is 10.6 Å². The molecular formula is C17H15ClN2O2. The molecule has 0 heterocycles. The second-order valence-electron chi connectivity index (χ2n) is 5.26. The highest BCUT2D eigenvalue weighted by Crippen LogP contribution is 2.20. The Morgan fingerprint density at radius 2 is 1.64 bits per heavy atom. The summed E-state index contributed by atoms with van der Waals surface area (Å²) in [7, 11) is 0. The Bertz CT molecular complexity index is 709. The summed E-state index contributed by atoms with van der Waals surface area (Å²) < 4.78 is 0. The zero-order chi connectivity index (χ0) is 15.5. The summed E-state index contributed by atoms with van der Waals surface area (Å²) >= 11 is 5.99. The lowest BCUT2D eigenvalue weighted by Gasteiger charge is -2.08. The molecular weight excluding hydrogens is 300 g/mol. The molecule has 4 nitrogen and oxygen atoms in total. The van der Waals surface area contributed by atoms with Gasteiger partial charge in [-0.1, -0.05) is 23.7 Å². The Kier molecular flexibility index (Phi) is 4.11. The molecule has 112 valence electrons. The minimum absolute atomic E-state index is 0.0773. The van der Waals surface area contributed by atoms with Crippen molar-refractivity contribution >= 4 is 29.1 Å². The molecule has 1 saturated carbocycles. The molecule has 2 aromatic carbocycles. The third-order valence-electron chi connectivity index (χ3n) is 3.44. The van der Waals surface area contributed by atoms with Crippen molar-refractivity contribution in [2.45, 2.75) is 18.9 Å². The highest BCUT2D eigenvalue weighted by atomic mass is 35.5. The van der Waals surface area contributed by atoms with Crippen LogP contribution >= 0.6 is 11.6 Å². The number of carbonyl (C=O) groups excluding carboxylic acids is 2. The Morgan fingerprint density at radius 1 is 0.955 bits per heavy atom. The predicted molar refractivity (Wildman–Crippen MR) is 86.3 cm³/mol. The first kappa shape index (κ1) is 14.6. The first-order chi connectivity index (χ1) is 10.6. The number of halogens is 1. The normalized spacial score (nSPS) is 13.5.